The third-order valence-electron chi connectivity index (χ3n) is 4.43. The molecule has 2 aromatic rings. The molecule has 0 saturated carbocycles. The van der Waals surface area contributed by atoms with E-state index in [-0.39, 0.29) is 5.91 Å². The molecule has 134 valence electrons. The number of ether oxygens (including phenoxy) is 1. The van der Waals surface area contributed by atoms with Gasteiger partial charge >= 0.3 is 0 Å². The number of piperazine rings is 1. The van der Waals surface area contributed by atoms with Gasteiger partial charge in [-0.3, -0.25) is 4.79 Å². The lowest BCUT2D eigenvalue weighted by molar-refractivity contribution is -0.138. The van der Waals surface area contributed by atoms with E-state index in [1.54, 1.807) is 19.1 Å². The summed E-state index contributed by atoms with van der Waals surface area (Å²) in [5.41, 5.74) is 1.63. The molecule has 26 heavy (non-hydrogen) atoms. The molecule has 0 aliphatic carbocycles. The van der Waals surface area contributed by atoms with Crippen LogP contribution in [0, 0.1) is 11.3 Å². The minimum absolute atomic E-state index is 0.0573. The lowest BCUT2D eigenvalue weighted by Gasteiger charge is -2.37. The van der Waals surface area contributed by atoms with Crippen LogP contribution in [0.2, 0.25) is 5.02 Å². The van der Waals surface area contributed by atoms with E-state index in [9.17, 15) is 4.79 Å². The Hall–Kier alpha value is -2.71. The predicted octanol–water partition coefficient (Wildman–Crippen LogP) is 3.33. The minimum Gasteiger partial charge on any atom is -0.479 e. The first kappa shape index (κ1) is 18.1. The summed E-state index contributed by atoms with van der Waals surface area (Å²) in [5.74, 6) is 0.354. The molecule has 1 fully saturated rings. The van der Waals surface area contributed by atoms with Crippen LogP contribution in [-0.2, 0) is 4.79 Å². The number of nitrogens with zero attached hydrogens (tertiary/aromatic N) is 3. The molecule has 1 aliphatic rings. The Morgan fingerprint density at radius 1 is 1.15 bits per heavy atom. The summed E-state index contributed by atoms with van der Waals surface area (Å²) in [6.45, 7) is 4.62. The van der Waals surface area contributed by atoms with E-state index >= 15 is 0 Å². The normalized spacial score (nSPS) is 15.3. The zero-order valence-electron chi connectivity index (χ0n) is 14.6. The van der Waals surface area contributed by atoms with Crippen LogP contribution in [0.15, 0.2) is 48.5 Å². The highest BCUT2D eigenvalue weighted by Crippen LogP contribution is 2.26. The van der Waals surface area contributed by atoms with Gasteiger partial charge in [-0.15, -0.1) is 0 Å². The van der Waals surface area contributed by atoms with Crippen molar-refractivity contribution in [2.45, 2.75) is 13.0 Å². The quantitative estimate of drug-likeness (QED) is 0.829. The number of rotatable bonds is 4. The summed E-state index contributed by atoms with van der Waals surface area (Å²) >= 11 is 6.12. The lowest BCUT2D eigenvalue weighted by Crippen LogP contribution is -2.52. The van der Waals surface area contributed by atoms with Gasteiger partial charge in [0.15, 0.2) is 6.10 Å². The van der Waals surface area contributed by atoms with E-state index < -0.39 is 6.10 Å². The molecule has 1 atom stereocenters. The molecule has 0 unspecified atom stereocenters. The standard InChI is InChI=1S/C20H20ClN3O2/c1-15(26-19-8-7-16(14-22)13-18(19)21)20(25)24-11-9-23(10-12-24)17-5-3-2-4-6-17/h2-8,13,15H,9-12H2,1H3/t15-/m0/s1. The summed E-state index contributed by atoms with van der Waals surface area (Å²) in [4.78, 5) is 16.8. The van der Waals surface area contributed by atoms with E-state index in [2.05, 4.69) is 17.0 Å². The Kier molecular flexibility index (Phi) is 5.65. The van der Waals surface area contributed by atoms with Gasteiger partial charge in [0.1, 0.15) is 5.75 Å². The van der Waals surface area contributed by atoms with E-state index in [0.29, 0.717) is 29.4 Å². The van der Waals surface area contributed by atoms with Crippen molar-refractivity contribution in [3.63, 3.8) is 0 Å². The van der Waals surface area contributed by atoms with Crippen LogP contribution in [-0.4, -0.2) is 43.1 Å². The largest absolute Gasteiger partial charge is 0.479 e. The number of carbonyl (C=O) groups is 1. The molecule has 1 saturated heterocycles. The van der Waals surface area contributed by atoms with Gasteiger partial charge in [-0.1, -0.05) is 29.8 Å². The number of carbonyl (C=O) groups excluding carboxylic acids is 1. The Bertz CT molecular complexity index is 812. The van der Waals surface area contributed by atoms with E-state index in [1.807, 2.05) is 29.2 Å². The van der Waals surface area contributed by atoms with Crippen molar-refractivity contribution in [3.8, 4) is 11.8 Å². The minimum atomic E-state index is -0.635. The predicted molar refractivity (Wildman–Crippen MR) is 101 cm³/mol. The molecule has 1 heterocycles. The van der Waals surface area contributed by atoms with Crippen LogP contribution >= 0.6 is 11.6 Å². The number of anilines is 1. The number of amides is 1. The first-order valence-electron chi connectivity index (χ1n) is 8.53. The van der Waals surface area contributed by atoms with Crippen LogP contribution in [0.25, 0.3) is 0 Å². The van der Waals surface area contributed by atoms with Crippen LogP contribution in [0.1, 0.15) is 12.5 Å². The highest BCUT2D eigenvalue weighted by atomic mass is 35.5. The summed E-state index contributed by atoms with van der Waals surface area (Å²) in [7, 11) is 0. The first-order chi connectivity index (χ1) is 12.6. The molecule has 0 spiro atoms. The summed E-state index contributed by atoms with van der Waals surface area (Å²) < 4.78 is 5.72. The highest BCUT2D eigenvalue weighted by Gasteiger charge is 2.26. The lowest BCUT2D eigenvalue weighted by atomic mass is 10.2. The number of benzene rings is 2. The molecule has 3 rings (SSSR count). The fraction of sp³-hybridized carbons (Fsp3) is 0.300. The highest BCUT2D eigenvalue weighted by molar-refractivity contribution is 6.32. The maximum atomic E-state index is 12.7. The zero-order chi connectivity index (χ0) is 18.5. The molecule has 0 aromatic heterocycles. The number of nitriles is 1. The second-order valence-corrected chi connectivity index (χ2v) is 6.57. The Labute approximate surface area is 158 Å². The zero-order valence-corrected chi connectivity index (χ0v) is 15.3. The Balaban J connectivity index is 1.57. The number of halogens is 1. The van der Waals surface area contributed by atoms with Gasteiger partial charge in [-0.25, -0.2) is 0 Å². The molecule has 1 amide bonds. The second kappa shape index (κ2) is 8.11. The molecule has 0 bridgehead atoms. The fourth-order valence-corrected chi connectivity index (χ4v) is 3.21. The number of hydrogen-bond donors (Lipinski definition) is 0. The van der Waals surface area contributed by atoms with Crippen LogP contribution in [0.4, 0.5) is 5.69 Å². The molecule has 1 aliphatic heterocycles. The van der Waals surface area contributed by atoms with Gasteiger partial charge in [-0.2, -0.15) is 5.26 Å². The fourth-order valence-electron chi connectivity index (χ4n) is 2.99. The number of para-hydroxylation sites is 1. The van der Waals surface area contributed by atoms with Crippen LogP contribution in [0.3, 0.4) is 0 Å². The summed E-state index contributed by atoms with van der Waals surface area (Å²) in [5, 5.41) is 9.21. The van der Waals surface area contributed by atoms with Crippen molar-refractivity contribution < 1.29 is 9.53 Å². The third-order valence-corrected chi connectivity index (χ3v) is 4.72. The van der Waals surface area contributed by atoms with Gasteiger partial charge in [0, 0.05) is 31.9 Å². The van der Waals surface area contributed by atoms with Crippen molar-refractivity contribution in [2.24, 2.45) is 0 Å². The van der Waals surface area contributed by atoms with Gasteiger partial charge < -0.3 is 14.5 Å². The van der Waals surface area contributed by atoms with Crippen molar-refractivity contribution in [1.29, 1.82) is 5.26 Å². The van der Waals surface area contributed by atoms with Crippen molar-refractivity contribution in [3.05, 3.63) is 59.1 Å². The van der Waals surface area contributed by atoms with Gasteiger partial charge in [0.2, 0.25) is 0 Å². The topological polar surface area (TPSA) is 56.6 Å². The molecule has 5 nitrogen and oxygen atoms in total. The number of hydrogen-bond acceptors (Lipinski definition) is 4. The van der Waals surface area contributed by atoms with Gasteiger partial charge in [0.05, 0.1) is 16.7 Å². The Morgan fingerprint density at radius 2 is 1.85 bits per heavy atom. The molecule has 0 N–H and O–H groups in total. The van der Waals surface area contributed by atoms with E-state index in [0.717, 1.165) is 13.1 Å². The summed E-state index contributed by atoms with van der Waals surface area (Å²) in [6.07, 6.45) is -0.635. The summed E-state index contributed by atoms with van der Waals surface area (Å²) in [6, 6.07) is 17.0. The molecular weight excluding hydrogens is 350 g/mol. The average molecular weight is 370 g/mol. The average Bonchev–Trinajstić information content (AvgIpc) is 2.69. The van der Waals surface area contributed by atoms with Crippen LogP contribution in [0.5, 0.6) is 5.75 Å². The van der Waals surface area contributed by atoms with Crippen LogP contribution < -0.4 is 9.64 Å². The maximum Gasteiger partial charge on any atom is 0.263 e. The van der Waals surface area contributed by atoms with Gasteiger partial charge in [0.25, 0.3) is 5.91 Å². The molecule has 0 radical (unpaired) electrons. The molecular formula is C20H20ClN3O2. The molecule has 6 heteroatoms. The first-order valence-corrected chi connectivity index (χ1v) is 8.91. The maximum absolute atomic E-state index is 12.7. The molecule has 2 aromatic carbocycles. The van der Waals surface area contributed by atoms with E-state index in [1.165, 1.54) is 11.8 Å². The second-order valence-electron chi connectivity index (χ2n) is 6.16. The van der Waals surface area contributed by atoms with Crippen molar-refractivity contribution in [1.82, 2.24) is 4.90 Å². The van der Waals surface area contributed by atoms with Gasteiger partial charge in [-0.05, 0) is 37.3 Å². The monoisotopic (exact) mass is 369 g/mol. The smallest absolute Gasteiger partial charge is 0.263 e. The SMILES string of the molecule is C[C@H](Oc1ccc(C#N)cc1Cl)C(=O)N1CCN(c2ccccc2)CC1. The van der Waals surface area contributed by atoms with Crippen molar-refractivity contribution >= 4 is 23.2 Å². The van der Waals surface area contributed by atoms with E-state index in [4.69, 9.17) is 21.6 Å². The third kappa shape index (κ3) is 4.09. The Morgan fingerprint density at radius 3 is 2.46 bits per heavy atom. The van der Waals surface area contributed by atoms with Crippen molar-refractivity contribution in [2.75, 3.05) is 31.1 Å².